The van der Waals surface area contributed by atoms with Crippen molar-refractivity contribution < 1.29 is 4.79 Å². The zero-order valence-corrected chi connectivity index (χ0v) is 16.3. The highest BCUT2D eigenvalue weighted by atomic mass is 32.2. The Balaban J connectivity index is 1.75. The van der Waals surface area contributed by atoms with Gasteiger partial charge in [-0.2, -0.15) is 0 Å². The fourth-order valence-electron chi connectivity index (χ4n) is 2.93. The standard InChI is InChI=1S/C21H25N3OS/c1-15(2)26-21-23-18-11-7-8-12-19(18)24(21)16(3)20(25)22-14-13-17-9-5-4-6-10-17/h4-12,15-16H,13-14H2,1-3H3,(H,22,25). The smallest absolute Gasteiger partial charge is 0.242 e. The fourth-order valence-corrected chi connectivity index (χ4v) is 3.87. The fraction of sp³-hybridized carbons (Fsp3) is 0.333. The number of carbonyl (C=O) groups excluding carboxylic acids is 1. The number of para-hydroxylation sites is 2. The van der Waals surface area contributed by atoms with E-state index in [1.165, 1.54) is 5.56 Å². The second-order valence-electron chi connectivity index (χ2n) is 6.62. The summed E-state index contributed by atoms with van der Waals surface area (Å²) in [7, 11) is 0. The minimum Gasteiger partial charge on any atom is -0.354 e. The lowest BCUT2D eigenvalue weighted by Gasteiger charge is -2.18. The van der Waals surface area contributed by atoms with Crippen molar-refractivity contribution in [2.75, 3.05) is 6.54 Å². The van der Waals surface area contributed by atoms with Crippen LogP contribution in [0.25, 0.3) is 11.0 Å². The van der Waals surface area contributed by atoms with Gasteiger partial charge in [-0.15, -0.1) is 0 Å². The Bertz CT molecular complexity index is 873. The molecular weight excluding hydrogens is 342 g/mol. The van der Waals surface area contributed by atoms with Crippen LogP contribution in [-0.4, -0.2) is 27.3 Å². The van der Waals surface area contributed by atoms with Crippen molar-refractivity contribution in [3.05, 3.63) is 60.2 Å². The number of nitrogens with one attached hydrogen (secondary N) is 1. The lowest BCUT2D eigenvalue weighted by molar-refractivity contribution is -0.123. The van der Waals surface area contributed by atoms with E-state index in [1.54, 1.807) is 11.8 Å². The summed E-state index contributed by atoms with van der Waals surface area (Å²) in [5.41, 5.74) is 3.16. The molecule has 3 rings (SSSR count). The molecule has 0 spiro atoms. The third-order valence-electron chi connectivity index (χ3n) is 4.23. The molecule has 1 N–H and O–H groups in total. The van der Waals surface area contributed by atoms with Crippen LogP contribution in [-0.2, 0) is 11.2 Å². The van der Waals surface area contributed by atoms with Gasteiger partial charge in [0, 0.05) is 11.8 Å². The molecule has 0 aliphatic carbocycles. The van der Waals surface area contributed by atoms with E-state index in [-0.39, 0.29) is 11.9 Å². The molecule has 0 bridgehead atoms. The van der Waals surface area contributed by atoms with E-state index >= 15 is 0 Å². The highest BCUT2D eigenvalue weighted by molar-refractivity contribution is 7.99. The van der Waals surface area contributed by atoms with Crippen LogP contribution in [0.2, 0.25) is 0 Å². The number of hydrogen-bond donors (Lipinski definition) is 1. The van der Waals surface area contributed by atoms with Crippen molar-refractivity contribution in [3.63, 3.8) is 0 Å². The maximum Gasteiger partial charge on any atom is 0.242 e. The quantitative estimate of drug-likeness (QED) is 0.627. The molecule has 1 atom stereocenters. The molecule has 0 saturated heterocycles. The second kappa shape index (κ2) is 8.41. The minimum absolute atomic E-state index is 0.0229. The Hall–Kier alpha value is -2.27. The van der Waals surface area contributed by atoms with Gasteiger partial charge < -0.3 is 9.88 Å². The molecule has 0 aliphatic rings. The molecule has 0 aliphatic heterocycles. The number of fused-ring (bicyclic) bond motifs is 1. The molecule has 136 valence electrons. The Morgan fingerprint density at radius 1 is 1.08 bits per heavy atom. The van der Waals surface area contributed by atoms with Gasteiger partial charge in [0.2, 0.25) is 5.91 Å². The minimum atomic E-state index is -0.306. The molecule has 3 aromatic rings. The van der Waals surface area contributed by atoms with Crippen LogP contribution in [0, 0.1) is 0 Å². The van der Waals surface area contributed by atoms with Gasteiger partial charge in [-0.1, -0.05) is 68.1 Å². The predicted octanol–water partition coefficient (Wildman–Crippen LogP) is 4.46. The molecule has 0 radical (unpaired) electrons. The van der Waals surface area contributed by atoms with Gasteiger partial charge in [0.15, 0.2) is 5.16 Å². The van der Waals surface area contributed by atoms with Crippen LogP contribution >= 0.6 is 11.8 Å². The highest BCUT2D eigenvalue weighted by Crippen LogP contribution is 2.30. The van der Waals surface area contributed by atoms with Crippen LogP contribution in [0.5, 0.6) is 0 Å². The first kappa shape index (κ1) is 18.5. The average molecular weight is 368 g/mol. The summed E-state index contributed by atoms with van der Waals surface area (Å²) in [5, 5.41) is 4.36. The number of benzene rings is 2. The van der Waals surface area contributed by atoms with Crippen molar-refractivity contribution in [2.45, 2.75) is 43.6 Å². The topological polar surface area (TPSA) is 46.9 Å². The lowest BCUT2D eigenvalue weighted by atomic mass is 10.1. The van der Waals surface area contributed by atoms with Crippen LogP contribution in [0.3, 0.4) is 0 Å². The van der Waals surface area contributed by atoms with E-state index in [1.807, 2.05) is 49.4 Å². The molecule has 1 heterocycles. The molecule has 0 fully saturated rings. The SMILES string of the molecule is CC(C)Sc1nc2ccccc2n1C(C)C(=O)NCCc1ccccc1. The number of nitrogens with zero attached hydrogens (tertiary/aromatic N) is 2. The normalized spacial score (nSPS) is 12.5. The molecule has 0 saturated carbocycles. The number of aromatic nitrogens is 2. The van der Waals surface area contributed by atoms with Gasteiger partial charge >= 0.3 is 0 Å². The maximum absolute atomic E-state index is 12.7. The summed E-state index contributed by atoms with van der Waals surface area (Å²) < 4.78 is 2.05. The molecular formula is C21H25N3OS. The summed E-state index contributed by atoms with van der Waals surface area (Å²) in [6, 6.07) is 17.9. The predicted molar refractivity (Wildman–Crippen MR) is 109 cm³/mol. The molecule has 1 amide bonds. The number of thioether (sulfide) groups is 1. The van der Waals surface area contributed by atoms with Gasteiger partial charge in [-0.25, -0.2) is 4.98 Å². The van der Waals surface area contributed by atoms with Crippen molar-refractivity contribution in [3.8, 4) is 0 Å². The Kier molecular flexibility index (Phi) is 5.99. The van der Waals surface area contributed by atoms with Crippen LogP contribution in [0.1, 0.15) is 32.4 Å². The number of hydrogen-bond acceptors (Lipinski definition) is 3. The van der Waals surface area contributed by atoms with Gasteiger partial charge in [-0.3, -0.25) is 4.79 Å². The van der Waals surface area contributed by atoms with Crippen LogP contribution in [0.4, 0.5) is 0 Å². The Morgan fingerprint density at radius 2 is 1.77 bits per heavy atom. The summed E-state index contributed by atoms with van der Waals surface area (Å²) in [6.07, 6.45) is 0.831. The molecule has 26 heavy (non-hydrogen) atoms. The van der Waals surface area contributed by atoms with Crippen LogP contribution < -0.4 is 5.32 Å². The zero-order chi connectivity index (χ0) is 18.5. The van der Waals surface area contributed by atoms with Gasteiger partial charge in [-0.05, 0) is 31.0 Å². The van der Waals surface area contributed by atoms with E-state index in [2.05, 4.69) is 35.9 Å². The highest BCUT2D eigenvalue weighted by Gasteiger charge is 2.22. The number of carbonyl (C=O) groups is 1. The second-order valence-corrected chi connectivity index (χ2v) is 8.17. The first-order chi connectivity index (χ1) is 12.6. The van der Waals surface area contributed by atoms with Crippen molar-refractivity contribution in [1.29, 1.82) is 0 Å². The van der Waals surface area contributed by atoms with Crippen molar-refractivity contribution in [2.24, 2.45) is 0 Å². The molecule has 1 aromatic heterocycles. The molecule has 2 aromatic carbocycles. The Labute approximate surface area is 159 Å². The van der Waals surface area contributed by atoms with E-state index in [9.17, 15) is 4.79 Å². The first-order valence-electron chi connectivity index (χ1n) is 9.01. The van der Waals surface area contributed by atoms with E-state index < -0.39 is 0 Å². The lowest BCUT2D eigenvalue weighted by Crippen LogP contribution is -2.32. The van der Waals surface area contributed by atoms with Gasteiger partial charge in [0.05, 0.1) is 11.0 Å². The summed E-state index contributed by atoms with van der Waals surface area (Å²) in [4.78, 5) is 17.5. The third kappa shape index (κ3) is 4.28. The average Bonchev–Trinajstić information content (AvgIpc) is 2.98. The number of rotatable bonds is 7. The number of imidazole rings is 1. The van der Waals surface area contributed by atoms with Crippen molar-refractivity contribution >= 4 is 28.7 Å². The van der Waals surface area contributed by atoms with E-state index in [4.69, 9.17) is 4.98 Å². The van der Waals surface area contributed by atoms with E-state index in [0.717, 1.165) is 22.6 Å². The van der Waals surface area contributed by atoms with Gasteiger partial charge in [0.25, 0.3) is 0 Å². The maximum atomic E-state index is 12.7. The Morgan fingerprint density at radius 3 is 2.50 bits per heavy atom. The summed E-state index contributed by atoms with van der Waals surface area (Å²) in [5.74, 6) is 0.0229. The number of amides is 1. The molecule has 5 heteroatoms. The monoisotopic (exact) mass is 367 g/mol. The molecule has 1 unspecified atom stereocenters. The van der Waals surface area contributed by atoms with Gasteiger partial charge in [0.1, 0.15) is 6.04 Å². The van der Waals surface area contributed by atoms with Crippen molar-refractivity contribution in [1.82, 2.24) is 14.9 Å². The summed E-state index contributed by atoms with van der Waals surface area (Å²) >= 11 is 1.69. The molecule has 4 nitrogen and oxygen atoms in total. The largest absolute Gasteiger partial charge is 0.354 e. The summed E-state index contributed by atoms with van der Waals surface area (Å²) in [6.45, 7) is 6.85. The zero-order valence-electron chi connectivity index (χ0n) is 15.5. The first-order valence-corrected chi connectivity index (χ1v) is 9.89. The van der Waals surface area contributed by atoms with E-state index in [0.29, 0.717) is 11.8 Å². The van der Waals surface area contributed by atoms with Crippen LogP contribution in [0.15, 0.2) is 59.8 Å². The third-order valence-corrected chi connectivity index (χ3v) is 5.20.